The van der Waals surface area contributed by atoms with Crippen LogP contribution in [0.4, 0.5) is 0 Å². The lowest BCUT2D eigenvalue weighted by Gasteiger charge is -2.28. The molecule has 1 aliphatic rings. The second-order valence-electron chi connectivity index (χ2n) is 6.11. The van der Waals surface area contributed by atoms with Crippen molar-refractivity contribution in [3.63, 3.8) is 0 Å². The average molecular weight is 371 g/mol. The maximum absolute atomic E-state index is 5.82. The number of rotatable bonds is 7. The van der Waals surface area contributed by atoms with Crippen LogP contribution in [0.25, 0.3) is 0 Å². The number of hydrogen-bond donors (Lipinski definition) is 0. The summed E-state index contributed by atoms with van der Waals surface area (Å²) in [6.45, 7) is 5.21. The first kappa shape index (κ1) is 18.6. The number of hydrogen-bond acceptors (Lipinski definition) is 5. The predicted molar refractivity (Wildman–Crippen MR) is 109 cm³/mol. The molecule has 0 fully saturated rings. The van der Waals surface area contributed by atoms with E-state index in [1.165, 1.54) is 11.1 Å². The minimum Gasteiger partial charge on any atom is -0.497 e. The molecule has 0 saturated heterocycles. The van der Waals surface area contributed by atoms with Gasteiger partial charge in [-0.05, 0) is 37.1 Å². The molecule has 0 saturated carbocycles. The second-order valence-corrected chi connectivity index (χ2v) is 7.17. The van der Waals surface area contributed by atoms with Gasteiger partial charge in [0.2, 0.25) is 0 Å². The first-order chi connectivity index (χ1) is 12.8. The van der Waals surface area contributed by atoms with Crippen LogP contribution in [0.2, 0.25) is 0 Å². The van der Waals surface area contributed by atoms with Crippen LogP contribution in [0.3, 0.4) is 0 Å². The molecule has 0 bridgehead atoms. The van der Waals surface area contributed by atoms with Gasteiger partial charge in [-0.25, -0.2) is 0 Å². The highest BCUT2D eigenvalue weighted by molar-refractivity contribution is 8.13. The molecule has 0 aromatic heterocycles. The smallest absolute Gasteiger partial charge is 0.159 e. The van der Waals surface area contributed by atoms with Crippen molar-refractivity contribution in [1.82, 2.24) is 4.90 Å². The molecule has 0 aliphatic carbocycles. The zero-order chi connectivity index (χ0) is 18.2. The maximum atomic E-state index is 5.82. The number of methoxy groups -OCH3 is 1. The van der Waals surface area contributed by atoms with Gasteiger partial charge >= 0.3 is 0 Å². The van der Waals surface area contributed by atoms with Crippen LogP contribution in [0.5, 0.6) is 11.5 Å². The van der Waals surface area contributed by atoms with Crippen molar-refractivity contribution in [2.75, 3.05) is 26.0 Å². The maximum Gasteiger partial charge on any atom is 0.159 e. The van der Waals surface area contributed by atoms with Crippen LogP contribution in [0.1, 0.15) is 24.5 Å². The lowest BCUT2D eigenvalue weighted by atomic mass is 10.1. The van der Waals surface area contributed by atoms with Crippen molar-refractivity contribution in [3.05, 3.63) is 59.7 Å². The third-order valence-electron chi connectivity index (χ3n) is 4.22. The van der Waals surface area contributed by atoms with E-state index < -0.39 is 0 Å². The monoisotopic (exact) mass is 370 g/mol. The Bertz CT molecular complexity index is 731. The second kappa shape index (κ2) is 9.53. The number of thioether (sulfide) groups is 1. The van der Waals surface area contributed by atoms with E-state index in [-0.39, 0.29) is 0 Å². The molecule has 2 aromatic carbocycles. The molecule has 0 radical (unpaired) electrons. The van der Waals surface area contributed by atoms with Crippen molar-refractivity contribution in [3.8, 4) is 11.5 Å². The first-order valence-corrected chi connectivity index (χ1v) is 10.0. The Morgan fingerprint density at radius 3 is 2.58 bits per heavy atom. The van der Waals surface area contributed by atoms with Crippen LogP contribution in [-0.4, -0.2) is 36.1 Å². The highest BCUT2D eigenvalue weighted by Gasteiger charge is 2.17. The van der Waals surface area contributed by atoms with Gasteiger partial charge in [-0.1, -0.05) is 42.1 Å². The van der Waals surface area contributed by atoms with Gasteiger partial charge in [0.05, 0.1) is 13.7 Å². The molecule has 26 heavy (non-hydrogen) atoms. The topological polar surface area (TPSA) is 34.1 Å². The molecular formula is C21H26N2O2S. The van der Waals surface area contributed by atoms with Crippen LogP contribution in [0, 0.1) is 0 Å². The molecule has 4 nitrogen and oxygen atoms in total. The van der Waals surface area contributed by atoms with E-state index in [0.717, 1.165) is 48.5 Å². The molecule has 0 atom stereocenters. The zero-order valence-electron chi connectivity index (χ0n) is 15.5. The van der Waals surface area contributed by atoms with Gasteiger partial charge in [0.25, 0.3) is 0 Å². The molecule has 2 aromatic rings. The minimum atomic E-state index is 0.672. The SMILES string of the molecule is CCOc1ccccc1CN(Cc1ccc(OC)cc1)C1=NCCCS1. The first-order valence-electron chi connectivity index (χ1n) is 9.06. The number of aliphatic imine (C=N–C) groups is 1. The summed E-state index contributed by atoms with van der Waals surface area (Å²) >= 11 is 1.85. The zero-order valence-corrected chi connectivity index (χ0v) is 16.3. The van der Waals surface area contributed by atoms with E-state index in [1.54, 1.807) is 7.11 Å². The summed E-state index contributed by atoms with van der Waals surface area (Å²) in [5, 5.41) is 1.12. The lowest BCUT2D eigenvalue weighted by Crippen LogP contribution is -2.30. The Morgan fingerprint density at radius 2 is 1.88 bits per heavy atom. The third-order valence-corrected chi connectivity index (χ3v) is 5.36. The molecule has 0 spiro atoms. The van der Waals surface area contributed by atoms with Crippen molar-refractivity contribution in [2.45, 2.75) is 26.4 Å². The van der Waals surface area contributed by atoms with Gasteiger partial charge in [0.1, 0.15) is 11.5 Å². The van der Waals surface area contributed by atoms with Crippen molar-refractivity contribution in [1.29, 1.82) is 0 Å². The standard InChI is InChI=1S/C21H26N2O2S/c1-3-25-20-8-5-4-7-18(20)16-23(21-22-13-6-14-26-21)15-17-9-11-19(24-2)12-10-17/h4-5,7-12H,3,6,13-16H2,1-2H3. The fraction of sp³-hybridized carbons (Fsp3) is 0.381. The summed E-state index contributed by atoms with van der Waals surface area (Å²) in [5.74, 6) is 2.97. The molecule has 0 N–H and O–H groups in total. The van der Waals surface area contributed by atoms with E-state index in [9.17, 15) is 0 Å². The summed E-state index contributed by atoms with van der Waals surface area (Å²) in [4.78, 5) is 7.12. The third kappa shape index (κ3) is 4.94. The fourth-order valence-corrected chi connectivity index (χ4v) is 3.87. The van der Waals surface area contributed by atoms with E-state index >= 15 is 0 Å². The molecule has 5 heteroatoms. The average Bonchev–Trinajstić information content (AvgIpc) is 2.70. The number of amidine groups is 1. The summed E-state index contributed by atoms with van der Waals surface area (Å²) in [6, 6.07) is 16.5. The van der Waals surface area contributed by atoms with Crippen LogP contribution < -0.4 is 9.47 Å². The summed E-state index contributed by atoms with van der Waals surface area (Å²) in [5.41, 5.74) is 2.44. The van der Waals surface area contributed by atoms with Gasteiger partial charge in [0, 0.05) is 31.0 Å². The highest BCUT2D eigenvalue weighted by Crippen LogP contribution is 2.25. The largest absolute Gasteiger partial charge is 0.497 e. The number of ether oxygens (including phenoxy) is 2. The van der Waals surface area contributed by atoms with Crippen LogP contribution in [-0.2, 0) is 13.1 Å². The van der Waals surface area contributed by atoms with Crippen molar-refractivity contribution >= 4 is 16.9 Å². The van der Waals surface area contributed by atoms with Crippen molar-refractivity contribution in [2.24, 2.45) is 4.99 Å². The highest BCUT2D eigenvalue weighted by atomic mass is 32.2. The van der Waals surface area contributed by atoms with Crippen molar-refractivity contribution < 1.29 is 9.47 Å². The Kier molecular flexibility index (Phi) is 6.83. The molecular weight excluding hydrogens is 344 g/mol. The molecule has 1 aliphatic heterocycles. The van der Waals surface area contributed by atoms with Gasteiger partial charge < -0.3 is 14.4 Å². The van der Waals surface area contributed by atoms with Gasteiger partial charge in [-0.2, -0.15) is 0 Å². The van der Waals surface area contributed by atoms with E-state index in [1.807, 2.05) is 43.0 Å². The Balaban J connectivity index is 1.82. The quantitative estimate of drug-likeness (QED) is 0.714. The van der Waals surface area contributed by atoms with Crippen LogP contribution >= 0.6 is 11.8 Å². The molecule has 3 rings (SSSR count). The molecule has 0 unspecified atom stereocenters. The molecule has 1 heterocycles. The predicted octanol–water partition coefficient (Wildman–Crippen LogP) is 4.59. The fourth-order valence-electron chi connectivity index (χ4n) is 2.92. The van der Waals surface area contributed by atoms with E-state index in [2.05, 4.69) is 29.2 Å². The van der Waals surface area contributed by atoms with Gasteiger partial charge in [0.15, 0.2) is 5.17 Å². The summed E-state index contributed by atoms with van der Waals surface area (Å²) in [6.07, 6.45) is 1.15. The minimum absolute atomic E-state index is 0.672. The van der Waals surface area contributed by atoms with Gasteiger partial charge in [-0.3, -0.25) is 4.99 Å². The number of benzene rings is 2. The van der Waals surface area contributed by atoms with E-state index in [0.29, 0.717) is 6.61 Å². The lowest BCUT2D eigenvalue weighted by molar-refractivity contribution is 0.327. The van der Waals surface area contributed by atoms with Gasteiger partial charge in [-0.15, -0.1) is 0 Å². The number of nitrogens with zero attached hydrogens (tertiary/aromatic N) is 2. The Morgan fingerprint density at radius 1 is 1.08 bits per heavy atom. The molecule has 138 valence electrons. The number of para-hydroxylation sites is 1. The Hall–Kier alpha value is -2.14. The normalized spacial score (nSPS) is 13.8. The van der Waals surface area contributed by atoms with E-state index in [4.69, 9.17) is 14.5 Å². The summed E-state index contributed by atoms with van der Waals surface area (Å²) in [7, 11) is 1.69. The molecule has 0 amide bonds. The van der Waals surface area contributed by atoms with Crippen LogP contribution in [0.15, 0.2) is 53.5 Å². The Labute approximate surface area is 160 Å². The summed E-state index contributed by atoms with van der Waals surface area (Å²) < 4.78 is 11.1.